The highest BCUT2D eigenvalue weighted by Crippen LogP contribution is 2.23. The average Bonchev–Trinajstić information content (AvgIpc) is 2.78. The molecule has 3 rings (SSSR count). The quantitative estimate of drug-likeness (QED) is 0.521. The molecule has 6 nitrogen and oxygen atoms in total. The number of benzene rings is 1. The molecule has 2 aliphatic rings. The molecule has 6 heteroatoms. The summed E-state index contributed by atoms with van der Waals surface area (Å²) in [6.45, 7) is 12.3. The minimum Gasteiger partial charge on any atom is -0.381 e. The van der Waals surface area contributed by atoms with Crippen molar-refractivity contribution in [3.8, 4) is 0 Å². The zero-order chi connectivity index (χ0) is 21.2. The van der Waals surface area contributed by atoms with Crippen molar-refractivity contribution in [3.05, 3.63) is 35.4 Å². The van der Waals surface area contributed by atoms with E-state index >= 15 is 0 Å². The first-order valence-electron chi connectivity index (χ1n) is 11.6. The molecule has 2 fully saturated rings. The van der Waals surface area contributed by atoms with E-state index in [0.717, 1.165) is 71.0 Å². The van der Waals surface area contributed by atoms with Crippen molar-refractivity contribution in [2.24, 2.45) is 10.9 Å². The van der Waals surface area contributed by atoms with Gasteiger partial charge in [-0.15, -0.1) is 0 Å². The molecule has 0 bridgehead atoms. The van der Waals surface area contributed by atoms with E-state index in [9.17, 15) is 0 Å². The maximum Gasteiger partial charge on any atom is 0.193 e. The zero-order valence-electron chi connectivity index (χ0n) is 19.1. The first-order valence-corrected chi connectivity index (χ1v) is 11.6. The summed E-state index contributed by atoms with van der Waals surface area (Å²) in [6, 6.07) is 9.15. The SMILES string of the molecule is CCNC(=NCC(c1cccc(C)c1)N1CCOCC1)N(C)CCC1CCOCC1. The summed E-state index contributed by atoms with van der Waals surface area (Å²) in [5, 5.41) is 3.50. The highest BCUT2D eigenvalue weighted by Gasteiger charge is 2.23. The number of hydrogen-bond acceptors (Lipinski definition) is 4. The minimum atomic E-state index is 0.284. The zero-order valence-corrected chi connectivity index (χ0v) is 19.1. The van der Waals surface area contributed by atoms with E-state index in [-0.39, 0.29) is 6.04 Å². The van der Waals surface area contributed by atoms with E-state index in [2.05, 4.69) is 60.3 Å². The second kappa shape index (κ2) is 12.3. The number of guanidine groups is 1. The monoisotopic (exact) mass is 416 g/mol. The maximum atomic E-state index is 5.59. The van der Waals surface area contributed by atoms with E-state index in [0.29, 0.717) is 0 Å². The Balaban J connectivity index is 1.67. The number of hydrogen-bond donors (Lipinski definition) is 1. The van der Waals surface area contributed by atoms with Crippen molar-refractivity contribution in [2.75, 3.05) is 66.2 Å². The fraction of sp³-hybridized carbons (Fsp3) is 0.708. The molecule has 1 N–H and O–H groups in total. The van der Waals surface area contributed by atoms with Crippen LogP contribution in [0.15, 0.2) is 29.3 Å². The van der Waals surface area contributed by atoms with Crippen LogP contribution in [-0.2, 0) is 9.47 Å². The molecular formula is C24H40N4O2. The van der Waals surface area contributed by atoms with E-state index in [1.807, 2.05) is 0 Å². The molecule has 1 atom stereocenters. The Morgan fingerprint density at radius 2 is 1.93 bits per heavy atom. The number of aryl methyl sites for hydroxylation is 1. The number of nitrogens with one attached hydrogen (secondary N) is 1. The van der Waals surface area contributed by atoms with Gasteiger partial charge in [-0.05, 0) is 44.6 Å². The molecule has 0 aliphatic carbocycles. The van der Waals surface area contributed by atoms with Crippen molar-refractivity contribution >= 4 is 5.96 Å². The largest absolute Gasteiger partial charge is 0.381 e. The predicted molar refractivity (Wildman–Crippen MR) is 123 cm³/mol. The number of rotatable bonds is 8. The van der Waals surface area contributed by atoms with Gasteiger partial charge in [0.1, 0.15) is 0 Å². The van der Waals surface area contributed by atoms with Crippen LogP contribution in [0.3, 0.4) is 0 Å². The standard InChI is InChI=1S/C24H40N4O2/c1-4-25-24(27(3)11-8-21-9-14-29-15-10-21)26-19-23(28-12-16-30-17-13-28)22-7-5-6-20(2)18-22/h5-7,18,21,23H,4,8-17,19H2,1-3H3,(H,25,26). The van der Waals surface area contributed by atoms with Crippen LogP contribution in [0.2, 0.25) is 0 Å². The molecule has 1 aromatic rings. The van der Waals surface area contributed by atoms with Crippen LogP contribution in [0.25, 0.3) is 0 Å². The third kappa shape index (κ3) is 6.96. The van der Waals surface area contributed by atoms with Gasteiger partial charge in [-0.3, -0.25) is 9.89 Å². The third-order valence-electron chi connectivity index (χ3n) is 6.24. The lowest BCUT2D eigenvalue weighted by atomic mass is 9.96. The maximum absolute atomic E-state index is 5.59. The van der Waals surface area contributed by atoms with Gasteiger partial charge in [0.05, 0.1) is 25.8 Å². The minimum absolute atomic E-state index is 0.284. The van der Waals surface area contributed by atoms with Gasteiger partial charge in [-0.2, -0.15) is 0 Å². The van der Waals surface area contributed by atoms with Crippen molar-refractivity contribution < 1.29 is 9.47 Å². The third-order valence-corrected chi connectivity index (χ3v) is 6.24. The van der Waals surface area contributed by atoms with Crippen LogP contribution < -0.4 is 5.32 Å². The molecule has 2 saturated heterocycles. The van der Waals surface area contributed by atoms with Crippen LogP contribution in [0.5, 0.6) is 0 Å². The van der Waals surface area contributed by atoms with E-state index < -0.39 is 0 Å². The first kappa shape index (κ1) is 23.0. The van der Waals surface area contributed by atoms with Gasteiger partial charge in [0, 0.05) is 46.4 Å². The summed E-state index contributed by atoms with van der Waals surface area (Å²) in [5.41, 5.74) is 2.65. The van der Waals surface area contributed by atoms with Gasteiger partial charge in [-0.25, -0.2) is 0 Å². The molecule has 0 spiro atoms. The Kier molecular flexibility index (Phi) is 9.43. The summed E-state index contributed by atoms with van der Waals surface area (Å²) in [6.07, 6.45) is 3.58. The fourth-order valence-corrected chi connectivity index (χ4v) is 4.36. The average molecular weight is 417 g/mol. The number of morpholine rings is 1. The lowest BCUT2D eigenvalue weighted by Gasteiger charge is -2.34. The fourth-order valence-electron chi connectivity index (χ4n) is 4.36. The van der Waals surface area contributed by atoms with Crippen molar-refractivity contribution in [1.29, 1.82) is 0 Å². The van der Waals surface area contributed by atoms with Crippen LogP contribution in [0.4, 0.5) is 0 Å². The summed E-state index contributed by atoms with van der Waals surface area (Å²) in [5.74, 6) is 1.79. The molecule has 0 saturated carbocycles. The molecule has 0 amide bonds. The van der Waals surface area contributed by atoms with Crippen molar-refractivity contribution in [3.63, 3.8) is 0 Å². The topological polar surface area (TPSA) is 49.3 Å². The molecule has 30 heavy (non-hydrogen) atoms. The van der Waals surface area contributed by atoms with Crippen LogP contribution >= 0.6 is 0 Å². The van der Waals surface area contributed by atoms with Crippen LogP contribution in [0, 0.1) is 12.8 Å². The van der Waals surface area contributed by atoms with Crippen molar-refractivity contribution in [1.82, 2.24) is 15.1 Å². The van der Waals surface area contributed by atoms with E-state index in [1.165, 1.54) is 30.4 Å². The Morgan fingerprint density at radius 1 is 1.20 bits per heavy atom. The Morgan fingerprint density at radius 3 is 2.63 bits per heavy atom. The molecular weight excluding hydrogens is 376 g/mol. The van der Waals surface area contributed by atoms with Gasteiger partial charge in [-0.1, -0.05) is 29.8 Å². The second-order valence-corrected chi connectivity index (χ2v) is 8.54. The molecule has 168 valence electrons. The smallest absolute Gasteiger partial charge is 0.193 e. The first-order chi connectivity index (χ1) is 14.7. The van der Waals surface area contributed by atoms with Gasteiger partial charge < -0.3 is 19.7 Å². The Labute approximate surface area is 182 Å². The lowest BCUT2D eigenvalue weighted by Crippen LogP contribution is -2.42. The van der Waals surface area contributed by atoms with Crippen LogP contribution in [-0.4, -0.2) is 82.0 Å². The highest BCUT2D eigenvalue weighted by atomic mass is 16.5. The van der Waals surface area contributed by atoms with Gasteiger partial charge in [0.15, 0.2) is 5.96 Å². The highest BCUT2D eigenvalue weighted by molar-refractivity contribution is 5.79. The van der Waals surface area contributed by atoms with E-state index in [1.54, 1.807) is 0 Å². The number of ether oxygens (including phenoxy) is 2. The molecule has 0 radical (unpaired) electrons. The van der Waals surface area contributed by atoms with Crippen molar-refractivity contribution in [2.45, 2.75) is 39.2 Å². The second-order valence-electron chi connectivity index (χ2n) is 8.54. The van der Waals surface area contributed by atoms with E-state index in [4.69, 9.17) is 14.5 Å². The van der Waals surface area contributed by atoms with Crippen LogP contribution in [0.1, 0.15) is 43.4 Å². The predicted octanol–water partition coefficient (Wildman–Crippen LogP) is 3.08. The molecule has 1 unspecified atom stereocenters. The number of nitrogens with zero attached hydrogens (tertiary/aromatic N) is 3. The van der Waals surface area contributed by atoms with Gasteiger partial charge in [0.2, 0.25) is 0 Å². The summed E-state index contributed by atoms with van der Waals surface area (Å²) in [7, 11) is 2.16. The Hall–Kier alpha value is -1.63. The molecule has 2 aliphatic heterocycles. The Bertz CT molecular complexity index is 654. The molecule has 0 aromatic heterocycles. The number of aliphatic imine (C=N–C) groups is 1. The molecule has 1 aromatic carbocycles. The summed E-state index contributed by atoms with van der Waals surface area (Å²) >= 11 is 0. The molecule has 2 heterocycles. The van der Waals surface area contributed by atoms with Gasteiger partial charge >= 0.3 is 0 Å². The van der Waals surface area contributed by atoms with Gasteiger partial charge in [0.25, 0.3) is 0 Å². The normalized spacial score (nSPS) is 20.2. The summed E-state index contributed by atoms with van der Waals surface area (Å²) in [4.78, 5) is 9.90. The summed E-state index contributed by atoms with van der Waals surface area (Å²) < 4.78 is 11.1. The lowest BCUT2D eigenvalue weighted by molar-refractivity contribution is 0.0179.